The van der Waals surface area contributed by atoms with Crippen LogP contribution in [0.3, 0.4) is 0 Å². The Balaban J connectivity index is 1.75. The first-order valence-corrected chi connectivity index (χ1v) is 6.96. The van der Waals surface area contributed by atoms with E-state index in [1.165, 1.54) is 7.11 Å². The van der Waals surface area contributed by atoms with Gasteiger partial charge >= 0.3 is 5.97 Å². The van der Waals surface area contributed by atoms with E-state index in [2.05, 4.69) is 15.4 Å². The number of amides is 1. The zero-order valence-corrected chi connectivity index (χ0v) is 12.0. The Morgan fingerprint density at radius 3 is 2.67 bits per heavy atom. The van der Waals surface area contributed by atoms with E-state index in [0.29, 0.717) is 31.5 Å². The Kier molecular flexibility index (Phi) is 5.30. The number of esters is 1. The highest BCUT2D eigenvalue weighted by molar-refractivity contribution is 5.89. The molecule has 0 saturated carbocycles. The molecule has 21 heavy (non-hydrogen) atoms. The molecule has 2 unspecified atom stereocenters. The Morgan fingerprint density at radius 1 is 1.38 bits per heavy atom. The fourth-order valence-electron chi connectivity index (χ4n) is 2.30. The average molecular weight is 292 g/mol. The smallest absolute Gasteiger partial charge is 0.337 e. The maximum absolute atomic E-state index is 11.8. The van der Waals surface area contributed by atoms with Crippen LogP contribution in [0.15, 0.2) is 24.3 Å². The van der Waals surface area contributed by atoms with Gasteiger partial charge in [-0.25, -0.2) is 4.79 Å². The summed E-state index contributed by atoms with van der Waals surface area (Å²) in [6, 6.07) is 6.79. The number of hydrogen-bond donors (Lipinski definition) is 3. The number of hydrogen-bond acceptors (Lipinski definition) is 5. The Bertz CT molecular complexity index is 501. The van der Waals surface area contributed by atoms with Gasteiger partial charge in [0.15, 0.2) is 0 Å². The molecule has 0 radical (unpaired) electrons. The number of nitrogens with one attached hydrogen (secondary N) is 2. The molecule has 0 spiro atoms. The zero-order chi connectivity index (χ0) is 15.2. The number of carbonyl (C=O) groups excluding carboxylic acids is 2. The highest BCUT2D eigenvalue weighted by Gasteiger charge is 2.27. The van der Waals surface area contributed by atoms with Crippen molar-refractivity contribution in [2.24, 2.45) is 0 Å². The molecule has 1 aliphatic rings. The molecule has 3 N–H and O–H groups in total. The maximum Gasteiger partial charge on any atom is 0.337 e. The van der Waals surface area contributed by atoms with Gasteiger partial charge in [0.2, 0.25) is 5.91 Å². The first-order chi connectivity index (χ1) is 10.1. The lowest BCUT2D eigenvalue weighted by Gasteiger charge is -2.11. The second-order valence-corrected chi connectivity index (χ2v) is 5.08. The van der Waals surface area contributed by atoms with Crippen LogP contribution in [0.1, 0.15) is 22.3 Å². The number of ether oxygens (including phenoxy) is 1. The molecule has 1 aliphatic heterocycles. The molecule has 0 aromatic heterocycles. The van der Waals surface area contributed by atoms with Crippen LogP contribution in [0.25, 0.3) is 0 Å². The van der Waals surface area contributed by atoms with Gasteiger partial charge in [-0.3, -0.25) is 4.79 Å². The predicted molar refractivity (Wildman–Crippen MR) is 76.9 cm³/mol. The summed E-state index contributed by atoms with van der Waals surface area (Å²) in [5.74, 6) is -0.446. The Hall–Kier alpha value is -1.92. The summed E-state index contributed by atoms with van der Waals surface area (Å²) in [7, 11) is 1.35. The minimum Gasteiger partial charge on any atom is -0.465 e. The molecular weight excluding hydrogens is 272 g/mol. The van der Waals surface area contributed by atoms with Crippen LogP contribution in [0, 0.1) is 0 Å². The fourth-order valence-corrected chi connectivity index (χ4v) is 2.30. The van der Waals surface area contributed by atoms with Crippen molar-refractivity contribution in [3.05, 3.63) is 35.4 Å². The van der Waals surface area contributed by atoms with Gasteiger partial charge in [0, 0.05) is 13.1 Å². The molecule has 1 fully saturated rings. The Labute approximate surface area is 123 Å². The third-order valence-electron chi connectivity index (χ3n) is 3.51. The van der Waals surface area contributed by atoms with Crippen LogP contribution in [0.5, 0.6) is 0 Å². The van der Waals surface area contributed by atoms with Crippen LogP contribution in [0.4, 0.5) is 0 Å². The van der Waals surface area contributed by atoms with Gasteiger partial charge < -0.3 is 20.5 Å². The Morgan fingerprint density at radius 2 is 2.10 bits per heavy atom. The van der Waals surface area contributed by atoms with Crippen molar-refractivity contribution in [3.8, 4) is 0 Å². The average Bonchev–Trinajstić information content (AvgIpc) is 2.94. The van der Waals surface area contributed by atoms with E-state index >= 15 is 0 Å². The second kappa shape index (κ2) is 7.19. The fraction of sp³-hybridized carbons (Fsp3) is 0.467. The SMILES string of the molecule is COC(=O)c1ccc(CCNC(=O)C2CC(O)CN2)cc1. The van der Waals surface area contributed by atoms with Crippen molar-refractivity contribution in [2.45, 2.75) is 25.0 Å². The van der Waals surface area contributed by atoms with Crippen molar-refractivity contribution < 1.29 is 19.4 Å². The molecule has 6 heteroatoms. The van der Waals surface area contributed by atoms with Crippen LogP contribution < -0.4 is 10.6 Å². The topological polar surface area (TPSA) is 87.7 Å². The number of aliphatic hydroxyl groups is 1. The van der Waals surface area contributed by atoms with Crippen molar-refractivity contribution in [1.29, 1.82) is 0 Å². The quantitative estimate of drug-likeness (QED) is 0.657. The van der Waals surface area contributed by atoms with Crippen LogP contribution in [0.2, 0.25) is 0 Å². The minimum atomic E-state index is -0.438. The monoisotopic (exact) mass is 292 g/mol. The molecule has 1 aromatic rings. The first kappa shape index (κ1) is 15.5. The predicted octanol–water partition coefficient (Wildman–Crippen LogP) is -0.145. The number of aliphatic hydroxyl groups excluding tert-OH is 1. The normalized spacial score (nSPS) is 21.0. The molecular formula is C15H20N2O4. The summed E-state index contributed by atoms with van der Waals surface area (Å²) >= 11 is 0. The van der Waals surface area contributed by atoms with E-state index in [0.717, 1.165) is 5.56 Å². The maximum atomic E-state index is 11.8. The highest BCUT2D eigenvalue weighted by Crippen LogP contribution is 2.07. The summed E-state index contributed by atoms with van der Waals surface area (Å²) < 4.78 is 4.63. The van der Waals surface area contributed by atoms with Crippen LogP contribution in [-0.4, -0.2) is 49.3 Å². The molecule has 1 aromatic carbocycles. The second-order valence-electron chi connectivity index (χ2n) is 5.08. The van der Waals surface area contributed by atoms with E-state index < -0.39 is 6.10 Å². The largest absolute Gasteiger partial charge is 0.465 e. The van der Waals surface area contributed by atoms with Crippen molar-refractivity contribution in [1.82, 2.24) is 10.6 Å². The number of β-amino-alcohol motifs (C(OH)–C–C–N with tert-alkyl or cyclic N) is 1. The van der Waals surface area contributed by atoms with Gasteiger partial charge in [-0.05, 0) is 30.5 Å². The van der Waals surface area contributed by atoms with E-state index in [9.17, 15) is 14.7 Å². The molecule has 1 heterocycles. The number of carbonyl (C=O) groups is 2. The van der Waals surface area contributed by atoms with Gasteiger partial charge in [-0.15, -0.1) is 0 Å². The molecule has 0 aliphatic carbocycles. The first-order valence-electron chi connectivity index (χ1n) is 6.96. The summed E-state index contributed by atoms with van der Waals surface area (Å²) in [4.78, 5) is 23.1. The van der Waals surface area contributed by atoms with Gasteiger partial charge in [0.25, 0.3) is 0 Å². The van der Waals surface area contributed by atoms with Crippen molar-refractivity contribution >= 4 is 11.9 Å². The van der Waals surface area contributed by atoms with Gasteiger partial charge in [0.05, 0.1) is 24.8 Å². The summed E-state index contributed by atoms with van der Waals surface area (Å²) in [5, 5.41) is 15.2. The van der Waals surface area contributed by atoms with Gasteiger partial charge in [0.1, 0.15) is 0 Å². The third-order valence-corrected chi connectivity index (χ3v) is 3.51. The van der Waals surface area contributed by atoms with E-state index in [-0.39, 0.29) is 17.9 Å². The van der Waals surface area contributed by atoms with Crippen LogP contribution in [-0.2, 0) is 16.0 Å². The lowest BCUT2D eigenvalue weighted by molar-refractivity contribution is -0.122. The lowest BCUT2D eigenvalue weighted by atomic mass is 10.1. The standard InChI is InChI=1S/C15H20N2O4/c1-21-15(20)11-4-2-10(3-5-11)6-7-16-14(19)13-8-12(18)9-17-13/h2-5,12-13,17-18H,6-9H2,1H3,(H,16,19). The van der Waals surface area contributed by atoms with Crippen LogP contribution >= 0.6 is 0 Å². The van der Waals surface area contributed by atoms with Crippen molar-refractivity contribution in [2.75, 3.05) is 20.2 Å². The summed E-state index contributed by atoms with van der Waals surface area (Å²) in [5.41, 5.74) is 1.54. The van der Waals surface area contributed by atoms with E-state index in [1.807, 2.05) is 12.1 Å². The number of methoxy groups -OCH3 is 1. The van der Waals surface area contributed by atoms with Gasteiger partial charge in [-0.2, -0.15) is 0 Å². The number of benzene rings is 1. The molecule has 0 bridgehead atoms. The molecule has 1 saturated heterocycles. The molecule has 2 rings (SSSR count). The molecule has 1 amide bonds. The third kappa shape index (κ3) is 4.27. The van der Waals surface area contributed by atoms with Crippen molar-refractivity contribution in [3.63, 3.8) is 0 Å². The molecule has 114 valence electrons. The van der Waals surface area contributed by atoms with E-state index in [4.69, 9.17) is 0 Å². The molecule has 6 nitrogen and oxygen atoms in total. The highest BCUT2D eigenvalue weighted by atomic mass is 16.5. The molecule has 2 atom stereocenters. The summed E-state index contributed by atoms with van der Waals surface area (Å²) in [6.07, 6.45) is 0.703. The number of rotatable bonds is 5. The minimum absolute atomic E-state index is 0.0854. The van der Waals surface area contributed by atoms with Gasteiger partial charge in [-0.1, -0.05) is 12.1 Å². The summed E-state index contributed by atoms with van der Waals surface area (Å²) in [6.45, 7) is 0.984. The lowest BCUT2D eigenvalue weighted by Crippen LogP contribution is -2.41. The van der Waals surface area contributed by atoms with E-state index in [1.54, 1.807) is 12.1 Å². The zero-order valence-electron chi connectivity index (χ0n) is 12.0.